The molecule has 0 saturated carbocycles. The van der Waals surface area contributed by atoms with Crippen molar-refractivity contribution in [3.8, 4) is 0 Å². The molecule has 1 aromatic rings. The minimum absolute atomic E-state index is 0.0678. The van der Waals surface area contributed by atoms with Crippen molar-refractivity contribution in [1.29, 1.82) is 0 Å². The minimum Gasteiger partial charge on any atom is -0.257 e. The highest BCUT2D eigenvalue weighted by Crippen LogP contribution is 2.12. The molecule has 86 valence electrons. The molecule has 1 rings (SSSR count). The van der Waals surface area contributed by atoms with Crippen molar-refractivity contribution in [2.24, 2.45) is 0 Å². The Kier molecular flexibility index (Phi) is 4.75. The Morgan fingerprint density at radius 1 is 1.47 bits per heavy atom. The lowest BCUT2D eigenvalue weighted by molar-refractivity contribution is 0.598. The fourth-order valence-electron chi connectivity index (χ4n) is 0.909. The van der Waals surface area contributed by atoms with Gasteiger partial charge in [0.1, 0.15) is 5.82 Å². The zero-order valence-corrected chi connectivity index (χ0v) is 10.6. The maximum absolute atomic E-state index is 11.5. The number of aryl methyl sites for hydroxylation is 1. The van der Waals surface area contributed by atoms with Crippen molar-refractivity contribution in [3.05, 3.63) is 5.82 Å². The molecule has 0 bridgehead atoms. The number of hydrogen-bond donors (Lipinski definition) is 1. The van der Waals surface area contributed by atoms with Gasteiger partial charge in [0, 0.05) is 17.4 Å². The van der Waals surface area contributed by atoms with Crippen LogP contribution in [0, 0.1) is 6.92 Å². The second-order valence-electron chi connectivity index (χ2n) is 2.96. The molecule has 1 N–H and O–H groups in total. The summed E-state index contributed by atoms with van der Waals surface area (Å²) in [5.41, 5.74) is 0. The number of halogens is 1. The molecule has 0 radical (unpaired) electrons. The highest BCUT2D eigenvalue weighted by atomic mass is 35.5. The van der Waals surface area contributed by atoms with Crippen LogP contribution in [0.5, 0.6) is 0 Å². The number of nitrogens with one attached hydrogen (secondary N) is 1. The molecule has 0 unspecified atom stereocenters. The van der Waals surface area contributed by atoms with Crippen LogP contribution in [0.15, 0.2) is 0 Å². The number of alkyl halides is 1. The number of aromatic nitrogens is 2. The Morgan fingerprint density at radius 3 is 2.73 bits per heavy atom. The summed E-state index contributed by atoms with van der Waals surface area (Å²) in [5.74, 6) is 1.12. The van der Waals surface area contributed by atoms with Gasteiger partial charge in [-0.05, 0) is 19.8 Å². The highest BCUT2D eigenvalue weighted by Gasteiger charge is 2.12. The summed E-state index contributed by atoms with van der Waals surface area (Å²) >= 11 is 6.50. The predicted octanol–water partition coefficient (Wildman–Crippen LogP) is 1.61. The number of nitrogens with zero attached hydrogens (tertiary/aromatic N) is 2. The summed E-state index contributed by atoms with van der Waals surface area (Å²) in [4.78, 5) is 3.92. The molecule has 0 fully saturated rings. The molecule has 0 aliphatic carbocycles. The van der Waals surface area contributed by atoms with E-state index in [1.807, 2.05) is 0 Å². The fraction of sp³-hybridized carbons (Fsp3) is 0.714. The second-order valence-corrected chi connectivity index (χ2v) is 5.94. The van der Waals surface area contributed by atoms with E-state index < -0.39 is 10.0 Å². The van der Waals surface area contributed by atoms with Gasteiger partial charge in [0.25, 0.3) is 0 Å². The smallest absolute Gasteiger partial charge is 0.234 e. The van der Waals surface area contributed by atoms with Crippen LogP contribution >= 0.6 is 23.1 Å². The van der Waals surface area contributed by atoms with Gasteiger partial charge in [-0.3, -0.25) is 4.72 Å². The van der Waals surface area contributed by atoms with Crippen LogP contribution in [-0.2, 0) is 10.0 Å². The Bertz CT molecular complexity index is 404. The molecule has 0 aliphatic heterocycles. The first-order chi connectivity index (χ1) is 7.03. The van der Waals surface area contributed by atoms with Crippen LogP contribution in [0.1, 0.15) is 18.7 Å². The van der Waals surface area contributed by atoms with E-state index >= 15 is 0 Å². The maximum atomic E-state index is 11.5. The zero-order valence-electron chi connectivity index (χ0n) is 8.23. The summed E-state index contributed by atoms with van der Waals surface area (Å²) in [6.07, 6.45) is 1.24. The number of anilines is 1. The van der Waals surface area contributed by atoms with E-state index in [9.17, 15) is 8.42 Å². The SMILES string of the molecule is Cc1nsc(NS(=O)(=O)CCCCCl)n1. The first-order valence-corrected chi connectivity index (χ1v) is 7.36. The summed E-state index contributed by atoms with van der Waals surface area (Å²) < 4.78 is 29.2. The van der Waals surface area contributed by atoms with E-state index in [-0.39, 0.29) is 5.75 Å². The molecular weight excluding hydrogens is 258 g/mol. The van der Waals surface area contributed by atoms with E-state index in [1.54, 1.807) is 6.92 Å². The summed E-state index contributed by atoms with van der Waals surface area (Å²) in [5, 5.41) is 0.318. The standard InChI is InChI=1S/C7H12ClN3O2S2/c1-6-9-7(14-10-6)11-15(12,13)5-3-2-4-8/h2-5H2,1H3,(H,9,10,11). The number of unbranched alkanes of at least 4 members (excludes halogenated alkanes) is 1. The van der Waals surface area contributed by atoms with Crippen LogP contribution in [0.3, 0.4) is 0 Å². The third-order valence-electron chi connectivity index (χ3n) is 1.57. The van der Waals surface area contributed by atoms with E-state index in [0.717, 1.165) is 11.5 Å². The molecule has 15 heavy (non-hydrogen) atoms. The van der Waals surface area contributed by atoms with E-state index in [2.05, 4.69) is 14.1 Å². The first kappa shape index (κ1) is 12.7. The quantitative estimate of drug-likeness (QED) is 0.629. The van der Waals surface area contributed by atoms with E-state index in [1.165, 1.54) is 0 Å². The maximum Gasteiger partial charge on any atom is 0.234 e. The number of hydrogen-bond acceptors (Lipinski definition) is 5. The molecule has 0 aliphatic rings. The molecule has 1 heterocycles. The van der Waals surface area contributed by atoms with Crippen LogP contribution < -0.4 is 4.72 Å². The normalized spacial score (nSPS) is 11.6. The van der Waals surface area contributed by atoms with E-state index in [0.29, 0.717) is 29.7 Å². The van der Waals surface area contributed by atoms with Crippen LogP contribution in [0.2, 0.25) is 0 Å². The van der Waals surface area contributed by atoms with Crippen molar-refractivity contribution in [3.63, 3.8) is 0 Å². The Labute approximate surface area is 98.1 Å². The van der Waals surface area contributed by atoms with Crippen molar-refractivity contribution in [1.82, 2.24) is 9.36 Å². The lowest BCUT2D eigenvalue weighted by atomic mass is 10.4. The van der Waals surface area contributed by atoms with Gasteiger partial charge in [0.15, 0.2) is 0 Å². The summed E-state index contributed by atoms with van der Waals surface area (Å²) in [6, 6.07) is 0. The average molecular weight is 270 g/mol. The van der Waals surface area contributed by atoms with Gasteiger partial charge in [0.05, 0.1) is 5.75 Å². The monoisotopic (exact) mass is 269 g/mol. The molecule has 8 heteroatoms. The van der Waals surface area contributed by atoms with Crippen LogP contribution in [0.25, 0.3) is 0 Å². The molecule has 0 aromatic carbocycles. The second kappa shape index (κ2) is 5.62. The van der Waals surface area contributed by atoms with Gasteiger partial charge in [-0.1, -0.05) is 0 Å². The molecule has 1 aromatic heterocycles. The molecule has 5 nitrogen and oxygen atoms in total. The lowest BCUT2D eigenvalue weighted by Gasteiger charge is -2.02. The van der Waals surface area contributed by atoms with Gasteiger partial charge in [0.2, 0.25) is 15.2 Å². The van der Waals surface area contributed by atoms with E-state index in [4.69, 9.17) is 11.6 Å². The van der Waals surface area contributed by atoms with Gasteiger partial charge in [-0.15, -0.1) is 11.6 Å². The molecule has 0 spiro atoms. The average Bonchev–Trinajstić information content (AvgIpc) is 2.50. The topological polar surface area (TPSA) is 72.0 Å². The molecule has 0 amide bonds. The third-order valence-corrected chi connectivity index (χ3v) is 4.02. The Balaban J connectivity index is 2.49. The van der Waals surface area contributed by atoms with Gasteiger partial charge < -0.3 is 0 Å². The molecule has 0 saturated heterocycles. The van der Waals surface area contributed by atoms with Crippen molar-refractivity contribution in [2.75, 3.05) is 16.4 Å². The highest BCUT2D eigenvalue weighted by molar-refractivity contribution is 7.92. The number of sulfonamides is 1. The Morgan fingerprint density at radius 2 is 2.20 bits per heavy atom. The predicted molar refractivity (Wildman–Crippen MR) is 62.0 cm³/mol. The summed E-state index contributed by atoms with van der Waals surface area (Å²) in [7, 11) is -3.29. The summed E-state index contributed by atoms with van der Waals surface area (Å²) in [6.45, 7) is 1.71. The minimum atomic E-state index is -3.29. The van der Waals surface area contributed by atoms with Crippen LogP contribution in [-0.4, -0.2) is 29.4 Å². The Hall–Kier alpha value is -0.400. The zero-order chi connectivity index (χ0) is 11.3. The number of rotatable bonds is 6. The van der Waals surface area contributed by atoms with Crippen molar-refractivity contribution < 1.29 is 8.42 Å². The van der Waals surface area contributed by atoms with Gasteiger partial charge >= 0.3 is 0 Å². The lowest BCUT2D eigenvalue weighted by Crippen LogP contribution is -2.16. The first-order valence-electron chi connectivity index (χ1n) is 4.40. The largest absolute Gasteiger partial charge is 0.257 e. The van der Waals surface area contributed by atoms with Gasteiger partial charge in [-0.2, -0.15) is 4.37 Å². The molecule has 0 atom stereocenters. The third kappa shape index (κ3) is 4.76. The van der Waals surface area contributed by atoms with Crippen molar-refractivity contribution >= 4 is 38.3 Å². The molecular formula is C7H12ClN3O2S2. The van der Waals surface area contributed by atoms with Crippen LogP contribution in [0.4, 0.5) is 5.13 Å². The fourth-order valence-corrected chi connectivity index (χ4v) is 3.06. The van der Waals surface area contributed by atoms with Crippen molar-refractivity contribution in [2.45, 2.75) is 19.8 Å². The van der Waals surface area contributed by atoms with Gasteiger partial charge in [-0.25, -0.2) is 13.4 Å².